The third-order valence-corrected chi connectivity index (χ3v) is 6.96. The monoisotopic (exact) mass is 374 g/mol. The van der Waals surface area contributed by atoms with Crippen molar-refractivity contribution in [1.29, 1.82) is 0 Å². The number of carbonyl (C=O) groups is 1. The maximum atomic E-state index is 12.6. The Morgan fingerprint density at radius 2 is 2.00 bits per heavy atom. The molecule has 6 nitrogen and oxygen atoms in total. The van der Waals surface area contributed by atoms with E-state index in [1.165, 1.54) is 0 Å². The lowest BCUT2D eigenvalue weighted by atomic mass is 9.88. The summed E-state index contributed by atoms with van der Waals surface area (Å²) in [5, 5.41) is 0. The molecule has 1 amide bonds. The fourth-order valence-electron chi connectivity index (χ4n) is 4.67. The summed E-state index contributed by atoms with van der Waals surface area (Å²) in [7, 11) is 0. The number of morpholine rings is 1. The Labute approximate surface area is 162 Å². The molecule has 0 radical (unpaired) electrons. The summed E-state index contributed by atoms with van der Waals surface area (Å²) < 4.78 is 8.58. The number of aryl methyl sites for hydroxylation is 1. The van der Waals surface area contributed by atoms with Gasteiger partial charge < -0.3 is 14.2 Å². The standard InChI is InChI=1S/C21H34N4O2/c1-4-18-22-9-12-24(18)15-17(2)25-13-14-27-21(16-25)7-10-23(11-8-21)19(26)20(3)5-6-20/h9,12,17H,4-8,10-11,13-16H2,1-3H3. The molecule has 1 unspecified atom stereocenters. The van der Waals surface area contributed by atoms with E-state index in [1.807, 2.05) is 6.20 Å². The van der Waals surface area contributed by atoms with Crippen LogP contribution in [0.4, 0.5) is 0 Å². The molecule has 150 valence electrons. The van der Waals surface area contributed by atoms with Crippen LogP contribution in [0.2, 0.25) is 0 Å². The Morgan fingerprint density at radius 1 is 1.26 bits per heavy atom. The Morgan fingerprint density at radius 3 is 2.67 bits per heavy atom. The minimum atomic E-state index is -0.0731. The molecule has 6 heteroatoms. The molecule has 3 fully saturated rings. The van der Waals surface area contributed by atoms with Crippen LogP contribution in [0.25, 0.3) is 0 Å². The van der Waals surface area contributed by atoms with Gasteiger partial charge in [0.2, 0.25) is 5.91 Å². The van der Waals surface area contributed by atoms with Crippen molar-refractivity contribution in [2.24, 2.45) is 5.41 Å². The predicted octanol–water partition coefficient (Wildman–Crippen LogP) is 2.33. The summed E-state index contributed by atoms with van der Waals surface area (Å²) in [5.41, 5.74) is -0.128. The predicted molar refractivity (Wildman–Crippen MR) is 104 cm³/mol. The molecular formula is C21H34N4O2. The molecule has 3 aliphatic rings. The van der Waals surface area contributed by atoms with Gasteiger partial charge in [-0.15, -0.1) is 0 Å². The normalized spacial score (nSPS) is 25.5. The number of imidazole rings is 1. The van der Waals surface area contributed by atoms with E-state index < -0.39 is 0 Å². The Balaban J connectivity index is 1.34. The highest BCUT2D eigenvalue weighted by Gasteiger charge is 2.49. The van der Waals surface area contributed by atoms with Gasteiger partial charge in [-0.1, -0.05) is 13.8 Å². The van der Waals surface area contributed by atoms with Gasteiger partial charge in [0.15, 0.2) is 0 Å². The van der Waals surface area contributed by atoms with E-state index in [4.69, 9.17) is 4.74 Å². The molecule has 0 bridgehead atoms. The van der Waals surface area contributed by atoms with Crippen LogP contribution in [-0.2, 0) is 22.5 Å². The van der Waals surface area contributed by atoms with Crippen molar-refractivity contribution in [1.82, 2.24) is 19.4 Å². The van der Waals surface area contributed by atoms with Crippen molar-refractivity contribution in [3.05, 3.63) is 18.2 Å². The number of hydrogen-bond acceptors (Lipinski definition) is 4. The fourth-order valence-corrected chi connectivity index (χ4v) is 4.67. The van der Waals surface area contributed by atoms with E-state index in [0.717, 1.165) is 77.3 Å². The van der Waals surface area contributed by atoms with E-state index in [2.05, 4.69) is 46.3 Å². The largest absolute Gasteiger partial charge is 0.372 e. The fraction of sp³-hybridized carbons (Fsp3) is 0.810. The number of aromatic nitrogens is 2. The molecule has 0 aromatic carbocycles. The molecule has 1 aromatic rings. The van der Waals surface area contributed by atoms with Gasteiger partial charge in [0, 0.05) is 63.0 Å². The second kappa shape index (κ2) is 7.21. The first-order valence-corrected chi connectivity index (χ1v) is 10.6. The van der Waals surface area contributed by atoms with Crippen LogP contribution >= 0.6 is 0 Å². The Kier molecular flexibility index (Phi) is 5.06. The number of carbonyl (C=O) groups excluding carboxylic acids is 1. The number of hydrogen-bond donors (Lipinski definition) is 0. The second-order valence-electron chi connectivity index (χ2n) is 9.05. The number of ether oxygens (including phenoxy) is 1. The molecule has 2 saturated heterocycles. The third-order valence-electron chi connectivity index (χ3n) is 6.96. The van der Waals surface area contributed by atoms with Crippen LogP contribution in [-0.4, -0.2) is 69.7 Å². The zero-order valence-electron chi connectivity index (χ0n) is 17.1. The van der Waals surface area contributed by atoms with Crippen molar-refractivity contribution in [3.8, 4) is 0 Å². The smallest absolute Gasteiger partial charge is 0.228 e. The van der Waals surface area contributed by atoms with Crippen molar-refractivity contribution < 1.29 is 9.53 Å². The first kappa shape index (κ1) is 18.9. The van der Waals surface area contributed by atoms with Crippen LogP contribution in [0.5, 0.6) is 0 Å². The van der Waals surface area contributed by atoms with Crippen LogP contribution < -0.4 is 0 Å². The van der Waals surface area contributed by atoms with Crippen molar-refractivity contribution >= 4 is 5.91 Å². The summed E-state index contributed by atoms with van der Waals surface area (Å²) in [6, 6.07) is 0.454. The average molecular weight is 375 g/mol. The molecule has 1 saturated carbocycles. The quantitative estimate of drug-likeness (QED) is 0.794. The van der Waals surface area contributed by atoms with Gasteiger partial charge >= 0.3 is 0 Å². The highest BCUT2D eigenvalue weighted by molar-refractivity contribution is 5.85. The minimum Gasteiger partial charge on any atom is -0.372 e. The first-order valence-electron chi connectivity index (χ1n) is 10.6. The van der Waals surface area contributed by atoms with Crippen molar-refractivity contribution in [2.45, 2.75) is 71.1 Å². The molecular weight excluding hydrogens is 340 g/mol. The number of piperidine rings is 1. The van der Waals surface area contributed by atoms with Crippen molar-refractivity contribution in [2.75, 3.05) is 32.8 Å². The second-order valence-corrected chi connectivity index (χ2v) is 9.05. The molecule has 3 heterocycles. The zero-order chi connectivity index (χ0) is 19.1. The van der Waals surface area contributed by atoms with Gasteiger partial charge in [-0.3, -0.25) is 9.69 Å². The van der Waals surface area contributed by atoms with Gasteiger partial charge in [-0.25, -0.2) is 4.98 Å². The van der Waals surface area contributed by atoms with Crippen LogP contribution in [0, 0.1) is 5.41 Å². The van der Waals surface area contributed by atoms with E-state index in [9.17, 15) is 4.79 Å². The van der Waals surface area contributed by atoms with E-state index in [1.54, 1.807) is 0 Å². The number of amides is 1. The minimum absolute atomic E-state index is 0.0553. The lowest BCUT2D eigenvalue weighted by Gasteiger charge is -2.49. The molecule has 4 rings (SSSR count). The van der Waals surface area contributed by atoms with Gasteiger partial charge in [-0.05, 0) is 32.6 Å². The van der Waals surface area contributed by atoms with Gasteiger partial charge in [0.1, 0.15) is 5.82 Å². The summed E-state index contributed by atoms with van der Waals surface area (Å²) in [5.74, 6) is 1.52. The molecule has 1 spiro atoms. The van der Waals surface area contributed by atoms with Gasteiger partial charge in [0.25, 0.3) is 0 Å². The van der Waals surface area contributed by atoms with Gasteiger partial charge in [-0.2, -0.15) is 0 Å². The Hall–Kier alpha value is -1.40. The lowest BCUT2D eigenvalue weighted by Crippen LogP contribution is -2.59. The highest BCUT2D eigenvalue weighted by atomic mass is 16.5. The Bertz CT molecular complexity index is 673. The third kappa shape index (κ3) is 3.79. The van der Waals surface area contributed by atoms with Gasteiger partial charge in [0.05, 0.1) is 12.2 Å². The lowest BCUT2D eigenvalue weighted by molar-refractivity contribution is -0.157. The molecule has 1 atom stereocenters. The number of likely N-dealkylation sites (tertiary alicyclic amines) is 1. The van der Waals surface area contributed by atoms with E-state index >= 15 is 0 Å². The molecule has 1 aliphatic carbocycles. The summed E-state index contributed by atoms with van der Waals surface area (Å²) in [4.78, 5) is 21.7. The van der Waals surface area contributed by atoms with Crippen LogP contribution in [0.3, 0.4) is 0 Å². The van der Waals surface area contributed by atoms with Crippen LogP contribution in [0.15, 0.2) is 12.4 Å². The number of rotatable bonds is 5. The number of nitrogens with zero attached hydrogens (tertiary/aromatic N) is 4. The van der Waals surface area contributed by atoms with E-state index in [0.29, 0.717) is 11.9 Å². The molecule has 1 aromatic heterocycles. The molecule has 0 N–H and O–H groups in total. The highest BCUT2D eigenvalue weighted by Crippen LogP contribution is 2.47. The maximum Gasteiger partial charge on any atom is 0.228 e. The maximum absolute atomic E-state index is 12.6. The average Bonchev–Trinajstić information content (AvgIpc) is 3.27. The molecule has 2 aliphatic heterocycles. The SMILES string of the molecule is CCc1nccn1CC(C)N1CCOC2(CCN(C(=O)C3(C)CC3)CC2)C1. The topological polar surface area (TPSA) is 50.6 Å². The molecule has 27 heavy (non-hydrogen) atoms. The summed E-state index contributed by atoms with van der Waals surface area (Å²) in [6.45, 7) is 12.0. The summed E-state index contributed by atoms with van der Waals surface area (Å²) in [6.07, 6.45) is 9.00. The summed E-state index contributed by atoms with van der Waals surface area (Å²) >= 11 is 0. The first-order chi connectivity index (χ1) is 12.9. The van der Waals surface area contributed by atoms with Crippen LogP contribution in [0.1, 0.15) is 52.3 Å². The van der Waals surface area contributed by atoms with Crippen molar-refractivity contribution in [3.63, 3.8) is 0 Å². The van der Waals surface area contributed by atoms with E-state index in [-0.39, 0.29) is 11.0 Å². The zero-order valence-corrected chi connectivity index (χ0v) is 17.1.